The Morgan fingerprint density at radius 3 is 2.43 bits per heavy atom. The molecule has 0 bridgehead atoms. The van der Waals surface area contributed by atoms with Crippen LogP contribution in [-0.2, 0) is 0 Å². The zero-order valence-electron chi connectivity index (χ0n) is 7.31. The van der Waals surface area contributed by atoms with E-state index in [1.807, 2.05) is 30.3 Å². The van der Waals surface area contributed by atoms with Crippen molar-refractivity contribution in [1.29, 1.82) is 0 Å². The standard InChI is InChI=1S/C10H8ClN3/c11-9-8(10(12)14-6-13-9)7-4-2-1-3-5-7/h1-6H,(H2,12,13,14). The van der Waals surface area contributed by atoms with E-state index in [9.17, 15) is 0 Å². The molecule has 1 aromatic heterocycles. The zero-order valence-corrected chi connectivity index (χ0v) is 8.07. The van der Waals surface area contributed by atoms with Crippen LogP contribution < -0.4 is 5.73 Å². The largest absolute Gasteiger partial charge is 0.383 e. The molecule has 1 heterocycles. The monoisotopic (exact) mass is 205 g/mol. The molecular formula is C10H8ClN3. The number of nitrogens with two attached hydrogens (primary N) is 1. The van der Waals surface area contributed by atoms with Crippen LogP contribution in [-0.4, -0.2) is 9.97 Å². The molecule has 4 heteroatoms. The smallest absolute Gasteiger partial charge is 0.142 e. The maximum atomic E-state index is 5.93. The van der Waals surface area contributed by atoms with Crippen LogP contribution in [0.3, 0.4) is 0 Å². The summed E-state index contributed by atoms with van der Waals surface area (Å²) in [6.45, 7) is 0. The number of nitrogens with zero attached hydrogens (tertiary/aromatic N) is 2. The molecule has 3 nitrogen and oxygen atoms in total. The minimum absolute atomic E-state index is 0.378. The van der Waals surface area contributed by atoms with Gasteiger partial charge in [0.1, 0.15) is 17.3 Å². The van der Waals surface area contributed by atoms with Crippen molar-refractivity contribution in [2.75, 3.05) is 5.73 Å². The van der Waals surface area contributed by atoms with Gasteiger partial charge in [0, 0.05) is 0 Å². The summed E-state index contributed by atoms with van der Waals surface area (Å²) in [5.74, 6) is 0.399. The highest BCUT2D eigenvalue weighted by atomic mass is 35.5. The third-order valence-corrected chi connectivity index (χ3v) is 2.18. The average molecular weight is 206 g/mol. The van der Waals surface area contributed by atoms with E-state index < -0.39 is 0 Å². The van der Waals surface area contributed by atoms with Crippen molar-refractivity contribution in [3.8, 4) is 11.1 Å². The van der Waals surface area contributed by atoms with E-state index in [2.05, 4.69) is 9.97 Å². The van der Waals surface area contributed by atoms with Gasteiger partial charge in [-0.25, -0.2) is 9.97 Å². The fourth-order valence-electron chi connectivity index (χ4n) is 1.25. The van der Waals surface area contributed by atoms with Crippen LogP contribution >= 0.6 is 11.6 Å². The molecule has 0 saturated carbocycles. The van der Waals surface area contributed by atoms with E-state index in [1.165, 1.54) is 6.33 Å². The van der Waals surface area contributed by atoms with Crippen LogP contribution in [0.4, 0.5) is 5.82 Å². The van der Waals surface area contributed by atoms with E-state index in [0.29, 0.717) is 16.5 Å². The van der Waals surface area contributed by atoms with Gasteiger partial charge in [0.15, 0.2) is 0 Å². The first-order chi connectivity index (χ1) is 6.79. The fraction of sp³-hybridized carbons (Fsp3) is 0. The molecule has 0 unspecified atom stereocenters. The van der Waals surface area contributed by atoms with Gasteiger partial charge in [-0.15, -0.1) is 0 Å². The van der Waals surface area contributed by atoms with Crippen LogP contribution in [0.2, 0.25) is 5.15 Å². The molecule has 1 aromatic carbocycles. The van der Waals surface area contributed by atoms with Crippen molar-refractivity contribution in [3.63, 3.8) is 0 Å². The Labute approximate surface area is 86.6 Å². The summed E-state index contributed by atoms with van der Waals surface area (Å²) >= 11 is 5.93. The minimum atomic E-state index is 0.378. The Hall–Kier alpha value is -1.61. The van der Waals surface area contributed by atoms with Crippen molar-refractivity contribution in [3.05, 3.63) is 41.8 Å². The maximum Gasteiger partial charge on any atom is 0.142 e. The molecular weight excluding hydrogens is 198 g/mol. The summed E-state index contributed by atoms with van der Waals surface area (Å²) < 4.78 is 0. The number of benzene rings is 1. The van der Waals surface area contributed by atoms with Crippen molar-refractivity contribution >= 4 is 17.4 Å². The molecule has 0 spiro atoms. The molecule has 0 fully saturated rings. The first-order valence-corrected chi connectivity index (χ1v) is 4.48. The Bertz CT molecular complexity index is 422. The second kappa shape index (κ2) is 3.64. The quantitative estimate of drug-likeness (QED) is 0.728. The molecule has 0 aliphatic carbocycles. The highest BCUT2D eigenvalue weighted by Crippen LogP contribution is 2.29. The number of halogens is 1. The molecule has 2 rings (SSSR count). The zero-order chi connectivity index (χ0) is 9.97. The second-order valence-electron chi connectivity index (χ2n) is 2.79. The van der Waals surface area contributed by atoms with Crippen molar-refractivity contribution < 1.29 is 0 Å². The highest BCUT2D eigenvalue weighted by molar-refractivity contribution is 6.32. The molecule has 0 saturated heterocycles. The van der Waals surface area contributed by atoms with Crippen molar-refractivity contribution in [2.24, 2.45) is 0 Å². The molecule has 0 amide bonds. The van der Waals surface area contributed by atoms with Gasteiger partial charge < -0.3 is 5.73 Å². The summed E-state index contributed by atoms with van der Waals surface area (Å²) in [5.41, 5.74) is 7.33. The summed E-state index contributed by atoms with van der Waals surface area (Å²) in [5, 5.41) is 0.378. The summed E-state index contributed by atoms with van der Waals surface area (Å²) in [4.78, 5) is 7.79. The van der Waals surface area contributed by atoms with E-state index in [1.54, 1.807) is 0 Å². The van der Waals surface area contributed by atoms with E-state index >= 15 is 0 Å². The Balaban J connectivity index is 2.63. The summed E-state index contributed by atoms with van der Waals surface area (Å²) in [6.07, 6.45) is 1.35. The fourth-order valence-corrected chi connectivity index (χ4v) is 1.50. The predicted molar refractivity (Wildman–Crippen MR) is 56.9 cm³/mol. The third kappa shape index (κ3) is 1.54. The van der Waals surface area contributed by atoms with Gasteiger partial charge >= 0.3 is 0 Å². The highest BCUT2D eigenvalue weighted by Gasteiger charge is 2.08. The topological polar surface area (TPSA) is 51.8 Å². The van der Waals surface area contributed by atoms with Crippen LogP contribution in [0.1, 0.15) is 0 Å². The molecule has 0 aliphatic rings. The van der Waals surface area contributed by atoms with Gasteiger partial charge in [-0.3, -0.25) is 0 Å². The average Bonchev–Trinajstić information content (AvgIpc) is 2.19. The lowest BCUT2D eigenvalue weighted by atomic mass is 10.1. The van der Waals surface area contributed by atoms with Gasteiger partial charge in [-0.2, -0.15) is 0 Å². The van der Waals surface area contributed by atoms with Gasteiger partial charge in [0.2, 0.25) is 0 Å². The lowest BCUT2D eigenvalue weighted by Gasteiger charge is -2.05. The normalized spacial score (nSPS) is 10.1. The number of hydrogen-bond acceptors (Lipinski definition) is 3. The molecule has 2 aromatic rings. The number of nitrogen functional groups attached to an aromatic ring is 1. The van der Waals surface area contributed by atoms with Crippen LogP contribution in [0.15, 0.2) is 36.7 Å². The van der Waals surface area contributed by atoms with Crippen LogP contribution in [0.5, 0.6) is 0 Å². The van der Waals surface area contributed by atoms with Gasteiger partial charge in [-0.1, -0.05) is 41.9 Å². The number of rotatable bonds is 1. The second-order valence-corrected chi connectivity index (χ2v) is 3.15. The minimum Gasteiger partial charge on any atom is -0.383 e. The van der Waals surface area contributed by atoms with Crippen LogP contribution in [0.25, 0.3) is 11.1 Å². The molecule has 0 atom stereocenters. The number of hydrogen-bond donors (Lipinski definition) is 1. The lowest BCUT2D eigenvalue weighted by molar-refractivity contribution is 1.18. The lowest BCUT2D eigenvalue weighted by Crippen LogP contribution is -1.96. The first kappa shape index (κ1) is 8.97. The first-order valence-electron chi connectivity index (χ1n) is 4.10. The number of anilines is 1. The molecule has 0 radical (unpaired) electrons. The number of aromatic nitrogens is 2. The van der Waals surface area contributed by atoms with Gasteiger partial charge in [-0.05, 0) is 5.56 Å². The van der Waals surface area contributed by atoms with E-state index in [-0.39, 0.29) is 0 Å². The van der Waals surface area contributed by atoms with Gasteiger partial charge in [0.25, 0.3) is 0 Å². The molecule has 14 heavy (non-hydrogen) atoms. The van der Waals surface area contributed by atoms with Crippen molar-refractivity contribution in [2.45, 2.75) is 0 Å². The maximum absolute atomic E-state index is 5.93. The summed E-state index contributed by atoms with van der Waals surface area (Å²) in [6, 6.07) is 9.59. The summed E-state index contributed by atoms with van der Waals surface area (Å²) in [7, 11) is 0. The van der Waals surface area contributed by atoms with Crippen molar-refractivity contribution in [1.82, 2.24) is 9.97 Å². The molecule has 70 valence electrons. The Morgan fingerprint density at radius 1 is 1.07 bits per heavy atom. The SMILES string of the molecule is Nc1ncnc(Cl)c1-c1ccccc1. The van der Waals surface area contributed by atoms with E-state index in [0.717, 1.165) is 5.56 Å². The molecule has 0 aliphatic heterocycles. The predicted octanol–water partition coefficient (Wildman–Crippen LogP) is 2.38. The Morgan fingerprint density at radius 2 is 1.79 bits per heavy atom. The van der Waals surface area contributed by atoms with Crippen LogP contribution in [0, 0.1) is 0 Å². The molecule has 2 N–H and O–H groups in total. The third-order valence-electron chi connectivity index (χ3n) is 1.89. The van der Waals surface area contributed by atoms with E-state index in [4.69, 9.17) is 17.3 Å². The van der Waals surface area contributed by atoms with Gasteiger partial charge in [0.05, 0.1) is 5.56 Å². The Kier molecular flexibility index (Phi) is 2.33.